The molecule has 3 heterocycles. The number of fused-ring (bicyclic) bond motifs is 1. The third-order valence-corrected chi connectivity index (χ3v) is 5.84. The first-order valence-electron chi connectivity index (χ1n) is 9.69. The summed E-state index contributed by atoms with van der Waals surface area (Å²) >= 11 is 0. The predicted molar refractivity (Wildman–Crippen MR) is 106 cm³/mol. The monoisotopic (exact) mass is 373 g/mol. The Morgan fingerprint density at radius 1 is 1.33 bits per heavy atom. The second-order valence-electron chi connectivity index (χ2n) is 7.97. The Morgan fingerprint density at radius 3 is 2.70 bits per heavy atom. The molecule has 1 aliphatic heterocycles. The molecule has 7 heteroatoms. The van der Waals surface area contributed by atoms with E-state index in [1.807, 2.05) is 14.0 Å². The molecule has 2 N–H and O–H groups in total. The fourth-order valence-corrected chi connectivity index (χ4v) is 3.95. The van der Waals surface area contributed by atoms with Crippen molar-refractivity contribution in [3.8, 4) is 5.88 Å². The maximum atomic E-state index is 12.4. The summed E-state index contributed by atoms with van der Waals surface area (Å²) in [6.07, 6.45) is 3.34. The lowest BCUT2D eigenvalue weighted by atomic mass is 9.81. The molecule has 0 bridgehead atoms. The number of amides is 1. The van der Waals surface area contributed by atoms with E-state index in [1.54, 1.807) is 11.8 Å². The van der Waals surface area contributed by atoms with Gasteiger partial charge in [0, 0.05) is 25.7 Å². The number of methoxy groups -OCH3 is 1. The van der Waals surface area contributed by atoms with Gasteiger partial charge in [-0.15, -0.1) is 5.10 Å². The van der Waals surface area contributed by atoms with E-state index >= 15 is 0 Å². The highest BCUT2D eigenvalue weighted by atomic mass is 16.5. The van der Waals surface area contributed by atoms with Gasteiger partial charge in [0.1, 0.15) is 0 Å². The fourth-order valence-electron chi connectivity index (χ4n) is 3.95. The average molecular weight is 374 g/mol. The number of hydrogen-bond acceptors (Lipinski definition) is 5. The third kappa shape index (κ3) is 4.08. The molecule has 0 unspecified atom stereocenters. The van der Waals surface area contributed by atoms with Crippen LogP contribution in [0.15, 0.2) is 0 Å². The minimum atomic E-state index is 0.104. The van der Waals surface area contributed by atoms with Gasteiger partial charge in [-0.3, -0.25) is 4.79 Å². The molecule has 2 aromatic heterocycles. The molecule has 2 aromatic rings. The van der Waals surface area contributed by atoms with Gasteiger partial charge in [-0.1, -0.05) is 6.92 Å². The summed E-state index contributed by atoms with van der Waals surface area (Å²) in [5, 5.41) is 11.8. The van der Waals surface area contributed by atoms with E-state index in [0.29, 0.717) is 18.7 Å². The van der Waals surface area contributed by atoms with Crippen LogP contribution >= 0.6 is 0 Å². The van der Waals surface area contributed by atoms with Crippen LogP contribution in [-0.4, -0.2) is 47.4 Å². The lowest BCUT2D eigenvalue weighted by Crippen LogP contribution is -2.42. The van der Waals surface area contributed by atoms with Crippen LogP contribution in [0, 0.1) is 19.3 Å². The molecule has 0 spiro atoms. The van der Waals surface area contributed by atoms with Crippen LogP contribution in [0.3, 0.4) is 0 Å². The second-order valence-corrected chi connectivity index (χ2v) is 7.97. The van der Waals surface area contributed by atoms with E-state index in [9.17, 15) is 4.79 Å². The van der Waals surface area contributed by atoms with Gasteiger partial charge in [-0.25, -0.2) is 9.67 Å². The van der Waals surface area contributed by atoms with Crippen molar-refractivity contribution in [3.05, 3.63) is 16.8 Å². The number of nitrogens with zero attached hydrogens (tertiary/aromatic N) is 3. The molecule has 0 atom stereocenters. The normalized spacial score (nSPS) is 16.5. The molecule has 7 nitrogen and oxygen atoms in total. The molecular formula is C20H31N5O2. The molecular weight excluding hydrogens is 342 g/mol. The van der Waals surface area contributed by atoms with Gasteiger partial charge >= 0.3 is 0 Å². The zero-order valence-electron chi connectivity index (χ0n) is 17.1. The maximum absolute atomic E-state index is 12.4. The maximum Gasteiger partial charge on any atom is 0.242 e. The average Bonchev–Trinajstić information content (AvgIpc) is 2.96. The topological polar surface area (TPSA) is 81.1 Å². The number of aromatic nitrogens is 3. The number of piperidine rings is 1. The van der Waals surface area contributed by atoms with Gasteiger partial charge in [-0.2, -0.15) is 0 Å². The Kier molecular flexibility index (Phi) is 5.69. The van der Waals surface area contributed by atoms with Crippen molar-refractivity contribution in [2.75, 3.05) is 26.7 Å². The Bertz CT molecular complexity index is 837. The van der Waals surface area contributed by atoms with Gasteiger partial charge in [0.25, 0.3) is 0 Å². The van der Waals surface area contributed by atoms with Crippen molar-refractivity contribution < 1.29 is 9.53 Å². The van der Waals surface area contributed by atoms with Crippen molar-refractivity contribution in [2.24, 2.45) is 12.5 Å². The molecule has 0 saturated carbocycles. The second kappa shape index (κ2) is 7.84. The molecule has 27 heavy (non-hydrogen) atoms. The van der Waals surface area contributed by atoms with Crippen LogP contribution in [0.5, 0.6) is 5.88 Å². The Balaban J connectivity index is 1.68. The van der Waals surface area contributed by atoms with Gasteiger partial charge in [0.05, 0.1) is 12.5 Å². The molecule has 1 fully saturated rings. The van der Waals surface area contributed by atoms with Gasteiger partial charge < -0.3 is 15.4 Å². The molecule has 1 aliphatic rings. The summed E-state index contributed by atoms with van der Waals surface area (Å²) in [7, 11) is 3.49. The van der Waals surface area contributed by atoms with E-state index in [2.05, 4.69) is 29.6 Å². The third-order valence-electron chi connectivity index (χ3n) is 5.84. The highest BCUT2D eigenvalue weighted by molar-refractivity contribution is 5.86. The van der Waals surface area contributed by atoms with Crippen molar-refractivity contribution in [2.45, 2.75) is 46.5 Å². The summed E-state index contributed by atoms with van der Waals surface area (Å²) in [5.74, 6) is 0.689. The molecule has 1 saturated heterocycles. The number of nitrogens with one attached hydrogen (secondary N) is 2. The fraction of sp³-hybridized carbons (Fsp3) is 0.650. The highest BCUT2D eigenvalue weighted by Gasteiger charge is 2.27. The lowest BCUT2D eigenvalue weighted by molar-refractivity contribution is -0.121. The van der Waals surface area contributed by atoms with E-state index in [0.717, 1.165) is 60.3 Å². The molecule has 0 radical (unpaired) electrons. The van der Waals surface area contributed by atoms with Crippen LogP contribution in [0.1, 0.15) is 43.0 Å². The largest absolute Gasteiger partial charge is 0.479 e. The molecule has 0 aliphatic carbocycles. The lowest BCUT2D eigenvalue weighted by Gasteiger charge is -2.34. The molecule has 1 amide bonds. The van der Waals surface area contributed by atoms with Gasteiger partial charge in [0.15, 0.2) is 5.65 Å². The zero-order valence-corrected chi connectivity index (χ0v) is 17.1. The van der Waals surface area contributed by atoms with E-state index < -0.39 is 0 Å². The summed E-state index contributed by atoms with van der Waals surface area (Å²) in [4.78, 5) is 17.1. The Morgan fingerprint density at radius 2 is 2.04 bits per heavy atom. The first-order chi connectivity index (χ1) is 12.8. The molecule has 0 aromatic carbocycles. The number of ether oxygens (including phenoxy) is 1. The van der Waals surface area contributed by atoms with Crippen LogP contribution in [0.4, 0.5) is 0 Å². The number of pyridine rings is 1. The molecule has 148 valence electrons. The predicted octanol–water partition coefficient (Wildman–Crippen LogP) is 2.03. The van der Waals surface area contributed by atoms with Crippen LogP contribution in [0.2, 0.25) is 0 Å². The van der Waals surface area contributed by atoms with Crippen molar-refractivity contribution in [1.29, 1.82) is 0 Å². The van der Waals surface area contributed by atoms with Crippen molar-refractivity contribution in [1.82, 2.24) is 25.4 Å². The van der Waals surface area contributed by atoms with E-state index in [1.165, 1.54) is 0 Å². The summed E-state index contributed by atoms with van der Waals surface area (Å²) in [6.45, 7) is 9.13. The number of rotatable bonds is 6. The Labute approximate surface area is 160 Å². The quantitative estimate of drug-likeness (QED) is 0.810. The summed E-state index contributed by atoms with van der Waals surface area (Å²) < 4.78 is 7.15. The summed E-state index contributed by atoms with van der Waals surface area (Å²) in [5.41, 5.74) is 4.17. The number of carbonyl (C=O) groups excluding carboxylic acids is 1. The summed E-state index contributed by atoms with van der Waals surface area (Å²) in [6, 6.07) is 0. The number of carbonyl (C=O) groups is 1. The first-order valence-corrected chi connectivity index (χ1v) is 9.69. The number of hydrogen-bond donors (Lipinski definition) is 2. The van der Waals surface area contributed by atoms with Crippen molar-refractivity contribution >= 4 is 16.9 Å². The smallest absolute Gasteiger partial charge is 0.242 e. The van der Waals surface area contributed by atoms with Crippen LogP contribution < -0.4 is 15.4 Å². The zero-order chi connectivity index (χ0) is 19.6. The van der Waals surface area contributed by atoms with E-state index in [4.69, 9.17) is 9.72 Å². The van der Waals surface area contributed by atoms with Crippen LogP contribution in [0.25, 0.3) is 11.0 Å². The van der Waals surface area contributed by atoms with Gasteiger partial charge in [0.2, 0.25) is 11.8 Å². The minimum absolute atomic E-state index is 0.104. The highest BCUT2D eigenvalue weighted by Crippen LogP contribution is 2.30. The van der Waals surface area contributed by atoms with Crippen LogP contribution in [-0.2, 0) is 18.3 Å². The first kappa shape index (κ1) is 19.6. The number of aryl methyl sites for hydroxylation is 3. The SMILES string of the molecule is COc1nn(C)c2nc(C)c(CCC(=O)NCC3(C)CCNCC3)c(C)c12. The standard InChI is InChI=1S/C20H31N5O2/c1-13-15(14(2)23-18-17(13)19(27-5)24-25(18)4)6-7-16(26)22-12-20(3)8-10-21-11-9-20/h21H,6-12H2,1-5H3,(H,22,26). The van der Waals surface area contributed by atoms with E-state index in [-0.39, 0.29) is 11.3 Å². The minimum Gasteiger partial charge on any atom is -0.479 e. The van der Waals surface area contributed by atoms with Gasteiger partial charge in [-0.05, 0) is 62.7 Å². The molecule has 3 rings (SSSR count). The Hall–Kier alpha value is -2.15. The van der Waals surface area contributed by atoms with Crippen molar-refractivity contribution in [3.63, 3.8) is 0 Å².